The summed E-state index contributed by atoms with van der Waals surface area (Å²) in [6, 6.07) is 25.6. The molecule has 1 fully saturated rings. The standard InChI is InChI=1S/C22H17BrClNOS/c1-15-7-13-18(14-8-15)25-20(16-9-11-17(24)12-10-16)22(23,21(25)26)27-19-5-3-2-4-6-19/h2-14,20H,1H3/t20-,22-/m1/s1. The minimum atomic E-state index is -0.757. The molecule has 0 saturated carbocycles. The summed E-state index contributed by atoms with van der Waals surface area (Å²) >= 11 is 11.4. The number of carbonyl (C=O) groups is 1. The molecule has 0 aromatic heterocycles. The first-order valence-corrected chi connectivity index (χ1v) is 10.6. The Kier molecular flexibility index (Phi) is 5.06. The third kappa shape index (κ3) is 3.42. The fourth-order valence-electron chi connectivity index (χ4n) is 3.24. The highest BCUT2D eigenvalue weighted by atomic mass is 79.9. The zero-order valence-electron chi connectivity index (χ0n) is 14.6. The molecule has 0 N–H and O–H groups in total. The molecule has 0 aliphatic carbocycles. The number of β-lactam (4-membered cyclic amide) rings is 1. The molecule has 1 aliphatic heterocycles. The van der Waals surface area contributed by atoms with Crippen LogP contribution in [-0.4, -0.2) is 9.56 Å². The Hall–Kier alpha value is -1.75. The molecule has 3 aromatic carbocycles. The van der Waals surface area contributed by atoms with E-state index < -0.39 is 3.66 Å². The Balaban J connectivity index is 1.75. The van der Waals surface area contributed by atoms with Gasteiger partial charge >= 0.3 is 0 Å². The monoisotopic (exact) mass is 457 g/mol. The summed E-state index contributed by atoms with van der Waals surface area (Å²) in [6.07, 6.45) is 0. The van der Waals surface area contributed by atoms with Crippen LogP contribution in [0.4, 0.5) is 5.69 Å². The SMILES string of the molecule is Cc1ccc(N2C(=O)[C@](Br)(Sc3ccccc3)[C@H]2c2ccc(Cl)cc2)cc1. The summed E-state index contributed by atoms with van der Waals surface area (Å²) in [4.78, 5) is 16.2. The number of aryl methyl sites for hydroxylation is 1. The second-order valence-electron chi connectivity index (χ2n) is 6.52. The first-order chi connectivity index (χ1) is 13.0. The maximum Gasteiger partial charge on any atom is 0.257 e. The normalized spacial score (nSPS) is 21.8. The van der Waals surface area contributed by atoms with Gasteiger partial charge in [0.15, 0.2) is 3.66 Å². The smallest absolute Gasteiger partial charge is 0.257 e. The third-order valence-corrected chi connectivity index (χ3v) is 7.34. The van der Waals surface area contributed by atoms with Crippen molar-refractivity contribution in [1.29, 1.82) is 0 Å². The number of alkyl halides is 1. The molecule has 1 heterocycles. The fourth-order valence-corrected chi connectivity index (χ4v) is 5.76. The van der Waals surface area contributed by atoms with E-state index in [1.807, 2.05) is 90.7 Å². The molecular weight excluding hydrogens is 442 g/mol. The van der Waals surface area contributed by atoms with E-state index in [1.54, 1.807) is 11.8 Å². The van der Waals surface area contributed by atoms with Crippen LogP contribution in [0.5, 0.6) is 0 Å². The van der Waals surface area contributed by atoms with Gasteiger partial charge in [0.25, 0.3) is 5.91 Å². The van der Waals surface area contributed by atoms with E-state index in [-0.39, 0.29) is 11.9 Å². The number of thioether (sulfide) groups is 1. The van der Waals surface area contributed by atoms with Crippen molar-refractivity contribution in [2.24, 2.45) is 0 Å². The van der Waals surface area contributed by atoms with Gasteiger partial charge in [0.05, 0.1) is 6.04 Å². The fraction of sp³-hybridized carbons (Fsp3) is 0.136. The Labute approximate surface area is 176 Å². The zero-order valence-corrected chi connectivity index (χ0v) is 17.8. The van der Waals surface area contributed by atoms with Crippen molar-refractivity contribution >= 4 is 50.9 Å². The molecule has 3 aromatic rings. The van der Waals surface area contributed by atoms with Gasteiger partial charge in [0.2, 0.25) is 0 Å². The first kappa shape index (κ1) is 18.6. The molecule has 136 valence electrons. The molecule has 1 amide bonds. The highest BCUT2D eigenvalue weighted by molar-refractivity contribution is 9.12. The summed E-state index contributed by atoms with van der Waals surface area (Å²) < 4.78 is -0.757. The van der Waals surface area contributed by atoms with Crippen LogP contribution < -0.4 is 4.90 Å². The van der Waals surface area contributed by atoms with Gasteiger partial charge in [-0.1, -0.05) is 87.3 Å². The number of hydrogen-bond donors (Lipinski definition) is 0. The van der Waals surface area contributed by atoms with Crippen molar-refractivity contribution < 1.29 is 4.79 Å². The number of hydrogen-bond acceptors (Lipinski definition) is 2. The van der Waals surface area contributed by atoms with Crippen LogP contribution in [0.25, 0.3) is 0 Å². The summed E-state index contributed by atoms with van der Waals surface area (Å²) in [5.74, 6) is 0.0418. The maximum absolute atomic E-state index is 13.3. The highest BCUT2D eigenvalue weighted by Gasteiger charge is 2.61. The van der Waals surface area contributed by atoms with Crippen LogP contribution >= 0.6 is 39.3 Å². The minimum absolute atomic E-state index is 0.0418. The molecule has 1 saturated heterocycles. The summed E-state index contributed by atoms with van der Waals surface area (Å²) in [5, 5.41) is 0.683. The average molecular weight is 459 g/mol. The summed E-state index contributed by atoms with van der Waals surface area (Å²) in [7, 11) is 0. The van der Waals surface area contributed by atoms with Gasteiger partial charge in [0.1, 0.15) is 0 Å². The average Bonchev–Trinajstić information content (AvgIpc) is 2.68. The van der Waals surface area contributed by atoms with Crippen LogP contribution in [-0.2, 0) is 4.79 Å². The number of anilines is 1. The van der Waals surface area contributed by atoms with Crippen molar-refractivity contribution in [2.45, 2.75) is 21.5 Å². The topological polar surface area (TPSA) is 20.3 Å². The molecule has 5 heteroatoms. The Bertz CT molecular complexity index is 962. The lowest BCUT2D eigenvalue weighted by molar-refractivity contribution is -0.124. The van der Waals surface area contributed by atoms with E-state index >= 15 is 0 Å². The van der Waals surface area contributed by atoms with E-state index in [9.17, 15) is 4.79 Å². The molecule has 4 rings (SSSR count). The highest BCUT2D eigenvalue weighted by Crippen LogP contribution is 2.59. The second kappa shape index (κ2) is 7.34. The lowest BCUT2D eigenvalue weighted by Crippen LogP contribution is -2.63. The van der Waals surface area contributed by atoms with Crippen molar-refractivity contribution in [2.75, 3.05) is 4.90 Å². The van der Waals surface area contributed by atoms with Gasteiger partial charge in [-0.15, -0.1) is 0 Å². The summed E-state index contributed by atoms with van der Waals surface area (Å²) in [5.41, 5.74) is 3.10. The molecule has 2 nitrogen and oxygen atoms in total. The minimum Gasteiger partial charge on any atom is -0.300 e. The predicted molar refractivity (Wildman–Crippen MR) is 117 cm³/mol. The quantitative estimate of drug-likeness (QED) is 0.323. The Morgan fingerprint density at radius 2 is 1.59 bits per heavy atom. The van der Waals surface area contributed by atoms with E-state index in [2.05, 4.69) is 15.9 Å². The van der Waals surface area contributed by atoms with Crippen LogP contribution in [0, 0.1) is 6.92 Å². The molecule has 0 unspecified atom stereocenters. The molecular formula is C22H17BrClNOS. The molecule has 0 bridgehead atoms. The number of nitrogens with zero attached hydrogens (tertiary/aromatic N) is 1. The number of halogens is 2. The lowest BCUT2D eigenvalue weighted by atomic mass is 9.92. The van der Waals surface area contributed by atoms with Gasteiger partial charge in [-0.3, -0.25) is 4.79 Å². The van der Waals surface area contributed by atoms with Gasteiger partial charge < -0.3 is 4.90 Å². The van der Waals surface area contributed by atoms with E-state index in [4.69, 9.17) is 11.6 Å². The first-order valence-electron chi connectivity index (χ1n) is 8.58. The van der Waals surface area contributed by atoms with Crippen LogP contribution in [0.15, 0.2) is 83.8 Å². The molecule has 2 atom stereocenters. The largest absolute Gasteiger partial charge is 0.300 e. The van der Waals surface area contributed by atoms with Crippen molar-refractivity contribution in [3.05, 3.63) is 95.0 Å². The number of amides is 1. The Morgan fingerprint density at radius 3 is 2.22 bits per heavy atom. The Morgan fingerprint density at radius 1 is 0.963 bits per heavy atom. The number of benzene rings is 3. The lowest BCUT2D eigenvalue weighted by Gasteiger charge is -2.52. The van der Waals surface area contributed by atoms with Crippen LogP contribution in [0.1, 0.15) is 17.2 Å². The number of rotatable bonds is 4. The zero-order chi connectivity index (χ0) is 19.0. The van der Waals surface area contributed by atoms with E-state index in [0.717, 1.165) is 16.1 Å². The third-order valence-electron chi connectivity index (χ3n) is 4.63. The van der Waals surface area contributed by atoms with E-state index in [0.29, 0.717) is 5.02 Å². The molecule has 1 aliphatic rings. The van der Waals surface area contributed by atoms with Gasteiger partial charge in [0, 0.05) is 15.6 Å². The van der Waals surface area contributed by atoms with Gasteiger partial charge in [-0.25, -0.2) is 0 Å². The van der Waals surface area contributed by atoms with E-state index in [1.165, 1.54) is 5.56 Å². The van der Waals surface area contributed by atoms with Crippen molar-refractivity contribution in [3.8, 4) is 0 Å². The maximum atomic E-state index is 13.3. The van der Waals surface area contributed by atoms with Crippen molar-refractivity contribution in [3.63, 3.8) is 0 Å². The van der Waals surface area contributed by atoms with Gasteiger partial charge in [-0.05, 0) is 48.9 Å². The number of carbonyl (C=O) groups excluding carboxylic acids is 1. The summed E-state index contributed by atoms with van der Waals surface area (Å²) in [6.45, 7) is 2.04. The molecule has 27 heavy (non-hydrogen) atoms. The molecule has 0 spiro atoms. The van der Waals surface area contributed by atoms with Gasteiger partial charge in [-0.2, -0.15) is 0 Å². The predicted octanol–water partition coefficient (Wildman–Crippen LogP) is 6.62. The second-order valence-corrected chi connectivity index (χ2v) is 10.1. The van der Waals surface area contributed by atoms with Crippen LogP contribution in [0.2, 0.25) is 5.02 Å². The van der Waals surface area contributed by atoms with Crippen molar-refractivity contribution in [1.82, 2.24) is 0 Å². The molecule has 0 radical (unpaired) electrons. The van der Waals surface area contributed by atoms with Crippen LogP contribution in [0.3, 0.4) is 0 Å².